The quantitative estimate of drug-likeness (QED) is 0.297. The molecular weight excluding hydrogens is 358 g/mol. The topological polar surface area (TPSA) is 173 Å². The van der Waals surface area contributed by atoms with E-state index in [1.54, 1.807) is 0 Å². The number of nitrogens with zero attached hydrogens (tertiary/aromatic N) is 1. The smallest absolute Gasteiger partial charge is 0.320 e. The van der Waals surface area contributed by atoms with Crippen LogP contribution in [0.4, 0.5) is 0 Å². The van der Waals surface area contributed by atoms with Crippen LogP contribution in [-0.2, 0) is 23.9 Å². The number of carbonyl (C=O) groups is 4. The van der Waals surface area contributed by atoms with Crippen LogP contribution in [0.2, 0.25) is 0 Å². The highest BCUT2D eigenvalue weighted by molar-refractivity contribution is 5.85. The van der Waals surface area contributed by atoms with E-state index in [0.29, 0.717) is 11.0 Å². The maximum absolute atomic E-state index is 10.7. The first-order valence-electron chi connectivity index (χ1n) is 7.18. The molecule has 11 heteroatoms. The van der Waals surface area contributed by atoms with Gasteiger partial charge in [0, 0.05) is 25.7 Å². The van der Waals surface area contributed by atoms with Gasteiger partial charge in [-0.25, -0.2) is 0 Å². The minimum absolute atomic E-state index is 0. The largest absolute Gasteiger partial charge is 0.550 e. The van der Waals surface area contributed by atoms with Crippen LogP contribution in [0.3, 0.4) is 0 Å². The zero-order chi connectivity index (χ0) is 19.5. The Kier molecular flexibility index (Phi) is 15.0. The number of carbonyl (C=O) groups excluding carboxylic acids is 3. The molecule has 2 atom stereocenters. The van der Waals surface area contributed by atoms with Crippen molar-refractivity contribution in [2.45, 2.75) is 38.3 Å². The number of aliphatic carboxylic acids is 2. The number of quaternary nitrogens is 1. The molecule has 0 saturated heterocycles. The van der Waals surface area contributed by atoms with E-state index < -0.39 is 36.0 Å². The van der Waals surface area contributed by atoms with Crippen molar-refractivity contribution in [1.82, 2.24) is 0 Å². The van der Waals surface area contributed by atoms with Gasteiger partial charge in [0.2, 0.25) is 5.91 Å². The molecule has 5 N–H and O–H groups in total. The summed E-state index contributed by atoms with van der Waals surface area (Å²) in [6.45, 7) is 1.71. The minimum Gasteiger partial charge on any atom is -0.550 e. The molecule has 0 heterocycles. The summed E-state index contributed by atoms with van der Waals surface area (Å²) in [6.07, 6.45) is -0.745. The number of carboxylic acid groups (broad SMARTS) is 2. The molecular formula is C14H28ClN3O7. The standard InChI is InChI=1S/C9H17NO4.C5H10N2O3.ClH/c1-7(11)14-8(5-9(12)13)6-10(2,3)4;6-3(5(9)10)1-2-4(7)8;/h8H,5-6H2,1-4H3;3H,1-2,6H2,(H2,7,8)(H,9,10);1H/t8-;3-;/m10./s1. The lowest BCUT2D eigenvalue weighted by molar-refractivity contribution is -0.873. The molecule has 0 spiro atoms. The average Bonchev–Trinajstić information content (AvgIpc) is 2.32. The fourth-order valence-electron chi connectivity index (χ4n) is 1.60. The molecule has 25 heavy (non-hydrogen) atoms. The van der Waals surface area contributed by atoms with Crippen molar-refractivity contribution in [3.05, 3.63) is 0 Å². The van der Waals surface area contributed by atoms with Crippen LogP contribution in [-0.4, -0.2) is 73.2 Å². The number of halogens is 1. The van der Waals surface area contributed by atoms with Gasteiger partial charge in [-0.1, -0.05) is 0 Å². The van der Waals surface area contributed by atoms with Gasteiger partial charge in [0.25, 0.3) is 0 Å². The Morgan fingerprint density at radius 3 is 1.96 bits per heavy atom. The summed E-state index contributed by atoms with van der Waals surface area (Å²) in [5.41, 5.74) is 9.81. The van der Waals surface area contributed by atoms with Crippen LogP contribution >= 0.6 is 12.4 Å². The van der Waals surface area contributed by atoms with Crippen LogP contribution in [0, 0.1) is 0 Å². The Balaban J connectivity index is -0.000000392. The Hall–Kier alpha value is -1.91. The fourth-order valence-corrected chi connectivity index (χ4v) is 1.60. The highest BCUT2D eigenvalue weighted by Crippen LogP contribution is 2.04. The first-order chi connectivity index (χ1) is 10.7. The Morgan fingerprint density at radius 2 is 1.68 bits per heavy atom. The third kappa shape index (κ3) is 22.1. The number of likely N-dealkylation sites (N-methyl/N-ethyl adjacent to an activating group) is 1. The highest BCUT2D eigenvalue weighted by Gasteiger charge is 2.20. The van der Waals surface area contributed by atoms with Gasteiger partial charge in [0.1, 0.15) is 12.6 Å². The minimum atomic E-state index is -1.20. The molecule has 0 aromatic heterocycles. The molecule has 0 aromatic rings. The number of primary amides is 1. The maximum Gasteiger partial charge on any atom is 0.320 e. The molecule has 0 radical (unpaired) electrons. The third-order valence-electron chi connectivity index (χ3n) is 2.50. The number of amides is 1. The van der Waals surface area contributed by atoms with E-state index in [4.69, 9.17) is 21.3 Å². The number of hydrogen-bond donors (Lipinski definition) is 3. The fraction of sp³-hybridized carbons (Fsp3) is 0.714. The van der Waals surface area contributed by atoms with Crippen LogP contribution < -0.4 is 16.6 Å². The predicted molar refractivity (Wildman–Crippen MR) is 89.4 cm³/mol. The molecule has 0 unspecified atom stereocenters. The summed E-state index contributed by atoms with van der Waals surface area (Å²) in [7, 11) is 5.68. The van der Waals surface area contributed by atoms with Crippen LogP contribution in [0.15, 0.2) is 0 Å². The summed E-state index contributed by atoms with van der Waals surface area (Å²) in [5.74, 6) is -3.31. The number of hydrogen-bond acceptors (Lipinski definition) is 7. The van der Waals surface area contributed by atoms with Gasteiger partial charge >= 0.3 is 11.9 Å². The van der Waals surface area contributed by atoms with Crippen LogP contribution in [0.5, 0.6) is 0 Å². The van der Waals surface area contributed by atoms with E-state index in [-0.39, 0.29) is 31.7 Å². The molecule has 0 aliphatic heterocycles. The Morgan fingerprint density at radius 1 is 1.20 bits per heavy atom. The first-order valence-corrected chi connectivity index (χ1v) is 7.18. The first kappa shape index (κ1) is 27.9. The summed E-state index contributed by atoms with van der Waals surface area (Å²) in [4.78, 5) is 41.2. The molecule has 0 saturated carbocycles. The van der Waals surface area contributed by atoms with Crippen molar-refractivity contribution in [3.8, 4) is 0 Å². The summed E-state index contributed by atoms with van der Waals surface area (Å²) >= 11 is 0. The zero-order valence-corrected chi connectivity index (χ0v) is 15.7. The monoisotopic (exact) mass is 385 g/mol. The van der Waals surface area contributed by atoms with Crippen LogP contribution in [0.1, 0.15) is 26.2 Å². The van der Waals surface area contributed by atoms with Gasteiger partial charge in [0.05, 0.1) is 21.1 Å². The van der Waals surface area contributed by atoms with E-state index >= 15 is 0 Å². The molecule has 0 aliphatic carbocycles. The summed E-state index contributed by atoms with van der Waals surface area (Å²) < 4.78 is 5.39. The molecule has 0 aromatic carbocycles. The number of carboxylic acids is 2. The zero-order valence-electron chi connectivity index (χ0n) is 14.9. The van der Waals surface area contributed by atoms with Gasteiger partial charge < -0.3 is 35.7 Å². The van der Waals surface area contributed by atoms with Gasteiger partial charge in [-0.05, 0) is 6.42 Å². The summed E-state index contributed by atoms with van der Waals surface area (Å²) in [5, 5.41) is 18.6. The Labute approximate surface area is 153 Å². The van der Waals surface area contributed by atoms with Gasteiger partial charge in [0.15, 0.2) is 6.10 Å². The van der Waals surface area contributed by atoms with Crippen molar-refractivity contribution >= 4 is 36.2 Å². The van der Waals surface area contributed by atoms with E-state index in [1.165, 1.54) is 6.92 Å². The van der Waals surface area contributed by atoms with Crippen molar-refractivity contribution in [3.63, 3.8) is 0 Å². The van der Waals surface area contributed by atoms with Crippen molar-refractivity contribution in [2.75, 3.05) is 27.7 Å². The van der Waals surface area contributed by atoms with Gasteiger partial charge in [-0.15, -0.1) is 12.4 Å². The molecule has 0 bridgehead atoms. The predicted octanol–water partition coefficient (Wildman–Crippen LogP) is -2.15. The SMILES string of the molecule is CC(=O)O[C@H](CC(=O)[O-])C[N+](C)(C)C.Cl.NC(=O)CC[C@H](N)C(=O)O. The number of nitrogens with two attached hydrogens (primary N) is 2. The maximum atomic E-state index is 10.7. The van der Waals surface area contributed by atoms with Crippen molar-refractivity contribution < 1.29 is 38.6 Å². The highest BCUT2D eigenvalue weighted by atomic mass is 35.5. The lowest BCUT2D eigenvalue weighted by Crippen LogP contribution is -2.45. The molecule has 148 valence electrons. The van der Waals surface area contributed by atoms with Crippen molar-refractivity contribution in [1.29, 1.82) is 0 Å². The average molecular weight is 386 g/mol. The number of ether oxygens (including phenoxy) is 1. The van der Waals surface area contributed by atoms with E-state index in [9.17, 15) is 24.3 Å². The molecule has 0 aliphatic rings. The molecule has 0 rings (SSSR count). The third-order valence-corrected chi connectivity index (χ3v) is 2.50. The lowest BCUT2D eigenvalue weighted by atomic mass is 10.2. The molecule has 0 fully saturated rings. The Bertz CT molecular complexity index is 436. The number of esters is 1. The molecule has 10 nitrogen and oxygen atoms in total. The number of rotatable bonds is 9. The lowest BCUT2D eigenvalue weighted by Gasteiger charge is -2.28. The normalized spacial score (nSPS) is 12.5. The van der Waals surface area contributed by atoms with Crippen LogP contribution in [0.25, 0.3) is 0 Å². The van der Waals surface area contributed by atoms with E-state index in [1.807, 2.05) is 21.1 Å². The second-order valence-electron chi connectivity index (χ2n) is 6.23. The second kappa shape index (κ2) is 13.4. The van der Waals surface area contributed by atoms with E-state index in [0.717, 1.165) is 0 Å². The van der Waals surface area contributed by atoms with E-state index in [2.05, 4.69) is 0 Å². The van der Waals surface area contributed by atoms with Crippen molar-refractivity contribution in [2.24, 2.45) is 11.5 Å². The van der Waals surface area contributed by atoms with Gasteiger partial charge in [-0.2, -0.15) is 0 Å². The summed E-state index contributed by atoms with van der Waals surface area (Å²) in [6, 6.07) is -0.979. The van der Waals surface area contributed by atoms with Gasteiger partial charge in [-0.3, -0.25) is 14.4 Å². The molecule has 1 amide bonds. The second-order valence-corrected chi connectivity index (χ2v) is 6.23.